The van der Waals surface area contributed by atoms with Crippen molar-refractivity contribution in [3.05, 3.63) is 152 Å². The largest absolute Gasteiger partial charge is 0.456 e. The molecule has 6 heteroatoms. The number of aromatic nitrogens is 5. The van der Waals surface area contributed by atoms with Gasteiger partial charge in [-0.2, -0.15) is 9.97 Å². The second kappa shape index (κ2) is 9.72. The molecule has 0 atom stereocenters. The van der Waals surface area contributed by atoms with Gasteiger partial charge in [-0.3, -0.25) is 4.57 Å². The summed E-state index contributed by atoms with van der Waals surface area (Å²) < 4.78 is 11.3. The fourth-order valence-corrected chi connectivity index (χ4v) is 9.12. The van der Waals surface area contributed by atoms with Crippen molar-refractivity contribution in [1.29, 1.82) is 0 Å². The van der Waals surface area contributed by atoms with Crippen LogP contribution in [-0.2, 0) is 0 Å². The Bertz CT molecular complexity index is 3630. The summed E-state index contributed by atoms with van der Waals surface area (Å²) in [4.78, 5) is 15.9. The number of para-hydroxylation sites is 1. The van der Waals surface area contributed by atoms with Gasteiger partial charge in [-0.15, -0.1) is 0 Å². The van der Waals surface area contributed by atoms with Gasteiger partial charge in [-0.1, -0.05) is 103 Å². The highest BCUT2D eigenvalue weighted by Crippen LogP contribution is 2.48. The molecule has 0 saturated carbocycles. The quantitative estimate of drug-likeness (QED) is 0.175. The molecule has 6 nitrogen and oxygen atoms in total. The lowest BCUT2D eigenvalue weighted by Gasteiger charge is -2.13. The second-order valence-electron chi connectivity index (χ2n) is 14.0. The number of fused-ring (bicyclic) bond motifs is 7. The van der Waals surface area contributed by atoms with Gasteiger partial charge in [0.15, 0.2) is 11.6 Å². The van der Waals surface area contributed by atoms with Crippen LogP contribution in [0.4, 0.5) is 0 Å². The summed E-state index contributed by atoms with van der Waals surface area (Å²) in [6.07, 6.45) is 0. The van der Waals surface area contributed by atoms with E-state index in [-0.39, 0.29) is 0 Å². The van der Waals surface area contributed by atoms with Gasteiger partial charge in [0.2, 0.25) is 5.95 Å². The number of hydrogen-bond acceptors (Lipinski definition) is 4. The molecule has 0 N–H and O–H groups in total. The van der Waals surface area contributed by atoms with Crippen molar-refractivity contribution in [2.45, 2.75) is 0 Å². The molecule has 0 bridgehead atoms. The lowest BCUT2D eigenvalue weighted by molar-refractivity contribution is 0.669. The van der Waals surface area contributed by atoms with Gasteiger partial charge in [0.05, 0.1) is 33.0 Å². The van der Waals surface area contributed by atoms with Gasteiger partial charge < -0.3 is 8.82 Å². The Morgan fingerprint density at radius 1 is 0.415 bits per heavy atom. The SMILES string of the molecule is c1ccc(-c2nc(-c3cc4ccccc4c4ccccc34)nc(-n3c4ccc5oc6ccc7c8ccccc8n8c9cccc3c9c4c5c6c78)n2)cc1. The fraction of sp³-hybridized carbons (Fsp3) is 0. The van der Waals surface area contributed by atoms with Crippen LogP contribution in [0, 0.1) is 0 Å². The Morgan fingerprint density at radius 3 is 2.00 bits per heavy atom. The van der Waals surface area contributed by atoms with E-state index in [2.05, 4.69) is 142 Å². The van der Waals surface area contributed by atoms with Crippen molar-refractivity contribution in [2.75, 3.05) is 0 Å². The molecular weight excluding hydrogens is 651 g/mol. The lowest BCUT2D eigenvalue weighted by Crippen LogP contribution is -2.06. The van der Waals surface area contributed by atoms with Crippen LogP contribution in [0.1, 0.15) is 0 Å². The monoisotopic (exact) mass is 675 g/mol. The van der Waals surface area contributed by atoms with E-state index in [1.807, 2.05) is 18.2 Å². The first-order chi connectivity index (χ1) is 26.3. The maximum absolute atomic E-state index is 6.62. The van der Waals surface area contributed by atoms with E-state index >= 15 is 0 Å². The predicted molar refractivity (Wildman–Crippen MR) is 216 cm³/mol. The van der Waals surface area contributed by atoms with Crippen molar-refractivity contribution in [3.8, 4) is 28.7 Å². The van der Waals surface area contributed by atoms with E-state index in [0.29, 0.717) is 17.6 Å². The highest BCUT2D eigenvalue weighted by atomic mass is 16.3. The van der Waals surface area contributed by atoms with Crippen LogP contribution < -0.4 is 0 Å². The minimum absolute atomic E-state index is 0.568. The van der Waals surface area contributed by atoms with Crippen LogP contribution in [0.2, 0.25) is 0 Å². The van der Waals surface area contributed by atoms with E-state index in [1.54, 1.807) is 0 Å². The van der Waals surface area contributed by atoms with Crippen molar-refractivity contribution < 1.29 is 4.42 Å². The van der Waals surface area contributed by atoms with Gasteiger partial charge in [0, 0.05) is 38.1 Å². The minimum atomic E-state index is 0.568. The predicted octanol–water partition coefficient (Wildman–Crippen LogP) is 11.9. The Morgan fingerprint density at radius 2 is 1.09 bits per heavy atom. The molecule has 53 heavy (non-hydrogen) atoms. The summed E-state index contributed by atoms with van der Waals surface area (Å²) in [7, 11) is 0. The third kappa shape index (κ3) is 3.45. The lowest BCUT2D eigenvalue weighted by atomic mass is 9.97. The molecule has 0 unspecified atom stereocenters. The molecular formula is C47H25N5O. The number of nitrogens with zero attached hydrogens (tertiary/aromatic N) is 5. The topological polar surface area (TPSA) is 61.2 Å². The first-order valence-electron chi connectivity index (χ1n) is 17.9. The Hall–Kier alpha value is -7.31. The maximum Gasteiger partial charge on any atom is 0.238 e. The molecule has 8 aromatic carbocycles. The highest BCUT2D eigenvalue weighted by Gasteiger charge is 2.27. The first kappa shape index (κ1) is 27.4. The average molecular weight is 676 g/mol. The Balaban J connectivity index is 1.21. The van der Waals surface area contributed by atoms with E-state index in [9.17, 15) is 0 Å². The molecule has 5 aromatic heterocycles. The molecule has 0 aliphatic carbocycles. The smallest absolute Gasteiger partial charge is 0.238 e. The number of furan rings is 1. The van der Waals surface area contributed by atoms with Crippen molar-refractivity contribution in [1.82, 2.24) is 23.9 Å². The van der Waals surface area contributed by atoms with Crippen molar-refractivity contribution in [2.24, 2.45) is 0 Å². The normalized spacial score (nSPS) is 12.5. The van der Waals surface area contributed by atoms with E-state index in [4.69, 9.17) is 19.4 Å². The Labute approximate surface area is 300 Å². The summed E-state index contributed by atoms with van der Waals surface area (Å²) in [5.41, 5.74) is 9.19. The Kier molecular flexibility index (Phi) is 5.03. The molecule has 244 valence electrons. The summed E-state index contributed by atoms with van der Waals surface area (Å²) >= 11 is 0. The summed E-state index contributed by atoms with van der Waals surface area (Å²) in [5, 5.41) is 11.6. The molecule has 0 radical (unpaired) electrons. The summed E-state index contributed by atoms with van der Waals surface area (Å²) in [6.45, 7) is 0. The van der Waals surface area contributed by atoms with Gasteiger partial charge >= 0.3 is 0 Å². The molecule has 0 fully saturated rings. The van der Waals surface area contributed by atoms with Gasteiger partial charge in [-0.05, 0) is 70.1 Å². The first-order valence-corrected chi connectivity index (χ1v) is 17.9. The highest BCUT2D eigenvalue weighted by molar-refractivity contribution is 6.37. The number of benzene rings is 8. The number of rotatable bonds is 3. The number of hydrogen-bond donors (Lipinski definition) is 0. The van der Waals surface area contributed by atoms with Crippen LogP contribution >= 0.6 is 0 Å². The molecule has 0 aliphatic rings. The van der Waals surface area contributed by atoms with Crippen LogP contribution in [0.5, 0.6) is 0 Å². The van der Waals surface area contributed by atoms with Crippen molar-refractivity contribution >= 4 is 92.6 Å². The standard InChI is InChI=1S/C47H25N5O/c1-2-11-26(12-3-1)45-48-46(33-25-27-13-4-5-14-28(27)29-15-6-7-16-30(29)33)50-47(49-45)52-36-20-10-19-35-40(36)41-37(52)22-24-38-42(41)43-39(53-38)23-21-32-31-17-8-9-18-34(31)51(35)44(32)43/h1-25H. The minimum Gasteiger partial charge on any atom is -0.456 e. The van der Waals surface area contributed by atoms with Crippen LogP contribution in [-0.4, -0.2) is 23.9 Å². The van der Waals surface area contributed by atoms with Gasteiger partial charge in [0.1, 0.15) is 11.2 Å². The molecule has 0 saturated heterocycles. The third-order valence-electron chi connectivity index (χ3n) is 11.3. The molecule has 0 spiro atoms. The summed E-state index contributed by atoms with van der Waals surface area (Å²) in [6, 6.07) is 53.4. The molecule has 0 amide bonds. The van der Waals surface area contributed by atoms with Crippen molar-refractivity contribution in [3.63, 3.8) is 0 Å². The maximum atomic E-state index is 6.62. The third-order valence-corrected chi connectivity index (χ3v) is 11.3. The van der Waals surface area contributed by atoms with E-state index in [0.717, 1.165) is 71.2 Å². The molecule has 13 aromatic rings. The fourth-order valence-electron chi connectivity index (χ4n) is 9.12. The van der Waals surface area contributed by atoms with Crippen LogP contribution in [0.3, 0.4) is 0 Å². The van der Waals surface area contributed by atoms with E-state index < -0.39 is 0 Å². The van der Waals surface area contributed by atoms with Gasteiger partial charge in [-0.25, -0.2) is 4.98 Å². The zero-order chi connectivity index (χ0) is 34.4. The summed E-state index contributed by atoms with van der Waals surface area (Å²) in [5.74, 6) is 1.82. The molecule has 5 heterocycles. The average Bonchev–Trinajstić information content (AvgIpc) is 3.85. The second-order valence-corrected chi connectivity index (χ2v) is 14.0. The van der Waals surface area contributed by atoms with Gasteiger partial charge in [0.25, 0.3) is 0 Å². The van der Waals surface area contributed by atoms with E-state index in [1.165, 1.54) is 32.6 Å². The zero-order valence-corrected chi connectivity index (χ0v) is 28.1. The van der Waals surface area contributed by atoms with Crippen LogP contribution in [0.25, 0.3) is 121 Å². The molecule has 0 aliphatic heterocycles. The zero-order valence-electron chi connectivity index (χ0n) is 28.1. The van der Waals surface area contributed by atoms with Crippen LogP contribution in [0.15, 0.2) is 156 Å². The molecule has 13 rings (SSSR count).